The second-order valence-electron chi connectivity index (χ2n) is 4.24. The topological polar surface area (TPSA) is 78.2 Å². The van der Waals surface area contributed by atoms with E-state index in [2.05, 4.69) is 9.97 Å². The Morgan fingerprint density at radius 1 is 1.38 bits per heavy atom. The van der Waals surface area contributed by atoms with E-state index in [4.69, 9.17) is 4.74 Å². The van der Waals surface area contributed by atoms with Crippen LogP contribution >= 0.6 is 11.3 Å². The number of hydrogen-bond acceptors (Lipinski definition) is 6. The van der Waals surface area contributed by atoms with E-state index in [1.807, 2.05) is 5.38 Å². The van der Waals surface area contributed by atoms with Gasteiger partial charge in [-0.2, -0.15) is 0 Å². The molecular formula is C13H8FN3O3S. The third-order valence-corrected chi connectivity index (χ3v) is 3.76. The molecule has 0 fully saturated rings. The fourth-order valence-electron chi connectivity index (χ4n) is 1.86. The second-order valence-corrected chi connectivity index (χ2v) is 5.16. The van der Waals surface area contributed by atoms with Gasteiger partial charge in [0.05, 0.1) is 16.5 Å². The Hall–Kier alpha value is -2.61. The molecule has 6 nitrogen and oxygen atoms in total. The normalized spacial score (nSPS) is 10.8. The molecule has 0 atom stereocenters. The monoisotopic (exact) mass is 305 g/mol. The highest BCUT2D eigenvalue weighted by Gasteiger charge is 2.18. The molecule has 3 aromatic rings. The van der Waals surface area contributed by atoms with Crippen molar-refractivity contribution in [1.29, 1.82) is 0 Å². The number of hydrogen-bond donors (Lipinski definition) is 0. The van der Waals surface area contributed by atoms with Gasteiger partial charge in [-0.1, -0.05) is 0 Å². The molecule has 3 rings (SSSR count). The van der Waals surface area contributed by atoms with Crippen LogP contribution in [0, 0.1) is 22.9 Å². The van der Waals surface area contributed by atoms with Gasteiger partial charge in [0.15, 0.2) is 11.6 Å². The van der Waals surface area contributed by atoms with Crippen molar-refractivity contribution in [2.45, 2.75) is 6.92 Å². The van der Waals surface area contributed by atoms with E-state index < -0.39 is 10.7 Å². The molecule has 0 aliphatic heterocycles. The number of aryl methyl sites for hydroxylation is 1. The minimum atomic E-state index is -0.810. The fourth-order valence-corrected chi connectivity index (χ4v) is 2.63. The van der Waals surface area contributed by atoms with E-state index >= 15 is 0 Å². The van der Waals surface area contributed by atoms with Crippen LogP contribution in [0.3, 0.4) is 0 Å². The molecule has 0 bridgehead atoms. The Morgan fingerprint density at radius 2 is 2.19 bits per heavy atom. The van der Waals surface area contributed by atoms with E-state index in [9.17, 15) is 14.5 Å². The first-order chi connectivity index (χ1) is 10.1. The zero-order chi connectivity index (χ0) is 15.0. The summed E-state index contributed by atoms with van der Waals surface area (Å²) in [6, 6.07) is 3.93. The number of benzene rings is 1. The van der Waals surface area contributed by atoms with Crippen molar-refractivity contribution in [3.63, 3.8) is 0 Å². The zero-order valence-corrected chi connectivity index (χ0v) is 11.6. The maximum absolute atomic E-state index is 13.9. The summed E-state index contributed by atoms with van der Waals surface area (Å²) in [5, 5.41) is 12.6. The number of aromatic nitrogens is 2. The number of nitro groups is 1. The lowest BCUT2D eigenvalue weighted by atomic mass is 10.2. The van der Waals surface area contributed by atoms with Crippen molar-refractivity contribution in [1.82, 2.24) is 9.97 Å². The Morgan fingerprint density at radius 3 is 2.95 bits per heavy atom. The lowest BCUT2D eigenvalue weighted by Gasteiger charge is -2.07. The molecule has 1 aromatic carbocycles. The zero-order valence-electron chi connectivity index (χ0n) is 10.7. The molecule has 0 saturated heterocycles. The summed E-state index contributed by atoms with van der Waals surface area (Å²) in [7, 11) is 0. The van der Waals surface area contributed by atoms with Gasteiger partial charge >= 0.3 is 0 Å². The van der Waals surface area contributed by atoms with Crippen LogP contribution in [0.2, 0.25) is 0 Å². The van der Waals surface area contributed by atoms with Crippen LogP contribution in [0.25, 0.3) is 10.2 Å². The average Bonchev–Trinajstić information content (AvgIpc) is 2.91. The summed E-state index contributed by atoms with van der Waals surface area (Å²) in [6.07, 6.45) is 1.32. The van der Waals surface area contributed by atoms with Crippen LogP contribution in [0.5, 0.6) is 11.6 Å². The largest absolute Gasteiger partial charge is 0.434 e. The summed E-state index contributed by atoms with van der Waals surface area (Å²) in [5.41, 5.74) is 0.723. The first-order valence-corrected chi connectivity index (χ1v) is 6.75. The lowest BCUT2D eigenvalue weighted by molar-refractivity contribution is -0.385. The predicted molar refractivity (Wildman–Crippen MR) is 75.3 cm³/mol. The first kappa shape index (κ1) is 13.4. The summed E-state index contributed by atoms with van der Waals surface area (Å²) in [6.45, 7) is 1.52. The minimum Gasteiger partial charge on any atom is -0.434 e. The number of ether oxygens (including phenoxy) is 1. The first-order valence-electron chi connectivity index (χ1n) is 5.87. The van der Waals surface area contributed by atoms with Gasteiger partial charge in [0, 0.05) is 5.56 Å². The van der Waals surface area contributed by atoms with Crippen LogP contribution in [0.1, 0.15) is 5.56 Å². The number of rotatable bonds is 3. The molecule has 0 N–H and O–H groups in total. The lowest BCUT2D eigenvalue weighted by Crippen LogP contribution is -1.97. The summed E-state index contributed by atoms with van der Waals surface area (Å²) in [4.78, 5) is 18.2. The Bertz CT molecular complexity index is 850. The highest BCUT2D eigenvalue weighted by molar-refractivity contribution is 7.17. The van der Waals surface area contributed by atoms with Gasteiger partial charge in [-0.25, -0.2) is 14.4 Å². The van der Waals surface area contributed by atoms with Crippen molar-refractivity contribution in [3.05, 3.63) is 51.4 Å². The van der Waals surface area contributed by atoms with Crippen LogP contribution in [0.4, 0.5) is 10.1 Å². The van der Waals surface area contributed by atoms with Gasteiger partial charge in [0.25, 0.3) is 5.69 Å². The highest BCUT2D eigenvalue weighted by Crippen LogP contribution is 2.34. The maximum atomic E-state index is 13.9. The van der Waals surface area contributed by atoms with Crippen molar-refractivity contribution in [3.8, 4) is 11.6 Å². The van der Waals surface area contributed by atoms with Gasteiger partial charge in [-0.05, 0) is 24.4 Å². The van der Waals surface area contributed by atoms with Gasteiger partial charge in [-0.3, -0.25) is 10.1 Å². The summed E-state index contributed by atoms with van der Waals surface area (Å²) >= 11 is 1.37. The molecule has 0 radical (unpaired) electrons. The van der Waals surface area contributed by atoms with Crippen molar-refractivity contribution >= 4 is 27.2 Å². The number of fused-ring (bicyclic) bond motifs is 1. The molecule has 106 valence electrons. The summed E-state index contributed by atoms with van der Waals surface area (Å²) < 4.78 is 20.1. The molecule has 0 amide bonds. The van der Waals surface area contributed by atoms with Gasteiger partial charge < -0.3 is 4.74 Å². The molecule has 21 heavy (non-hydrogen) atoms. The molecule has 0 saturated carbocycles. The average molecular weight is 305 g/mol. The van der Waals surface area contributed by atoms with Crippen molar-refractivity contribution in [2.75, 3.05) is 0 Å². The molecule has 0 aliphatic rings. The number of nitro benzene ring substituents is 1. The van der Waals surface area contributed by atoms with Crippen molar-refractivity contribution < 1.29 is 14.1 Å². The predicted octanol–water partition coefficient (Wildman–Crippen LogP) is 3.84. The SMILES string of the molecule is Cc1cc(Oc2ncnc3ccsc23)c(F)cc1[N+](=O)[O-]. The molecular weight excluding hydrogens is 297 g/mol. The second kappa shape index (κ2) is 5.06. The van der Waals surface area contributed by atoms with E-state index in [1.165, 1.54) is 30.7 Å². The third kappa shape index (κ3) is 2.40. The maximum Gasteiger partial charge on any atom is 0.275 e. The number of thiophene rings is 1. The number of halogens is 1. The van der Waals surface area contributed by atoms with E-state index in [1.54, 1.807) is 6.07 Å². The van der Waals surface area contributed by atoms with Crippen LogP contribution in [-0.4, -0.2) is 14.9 Å². The van der Waals surface area contributed by atoms with Crippen LogP contribution < -0.4 is 4.74 Å². The minimum absolute atomic E-state index is 0.105. The van der Waals surface area contributed by atoms with Crippen molar-refractivity contribution in [2.24, 2.45) is 0 Å². The van der Waals surface area contributed by atoms with E-state index in [0.29, 0.717) is 15.8 Å². The van der Waals surface area contributed by atoms with E-state index in [-0.39, 0.29) is 17.3 Å². The summed E-state index contributed by atoms with van der Waals surface area (Å²) in [5.74, 6) is -0.690. The van der Waals surface area contributed by atoms with Crippen LogP contribution in [0.15, 0.2) is 29.9 Å². The molecule has 8 heteroatoms. The molecule has 0 spiro atoms. The Labute approximate surface area is 122 Å². The Balaban J connectivity index is 2.04. The van der Waals surface area contributed by atoms with Gasteiger partial charge in [-0.15, -0.1) is 11.3 Å². The van der Waals surface area contributed by atoms with Gasteiger partial charge in [0.2, 0.25) is 5.88 Å². The molecule has 0 aliphatic carbocycles. The van der Waals surface area contributed by atoms with Gasteiger partial charge in [0.1, 0.15) is 11.0 Å². The third-order valence-electron chi connectivity index (χ3n) is 2.86. The smallest absolute Gasteiger partial charge is 0.275 e. The quantitative estimate of drug-likeness (QED) is 0.542. The fraction of sp³-hybridized carbons (Fsp3) is 0.0769. The Kier molecular flexibility index (Phi) is 3.22. The number of nitrogens with zero attached hydrogens (tertiary/aromatic N) is 3. The standard InChI is InChI=1S/C13H8FN3O3S/c1-7-4-11(8(14)5-10(7)17(18)19)20-13-12-9(2-3-21-12)15-6-16-13/h2-6H,1H3. The molecule has 0 unspecified atom stereocenters. The highest BCUT2D eigenvalue weighted by atomic mass is 32.1. The molecule has 2 heterocycles. The molecule has 2 aromatic heterocycles. The van der Waals surface area contributed by atoms with Crippen LogP contribution in [-0.2, 0) is 0 Å². The van der Waals surface area contributed by atoms with E-state index in [0.717, 1.165) is 6.07 Å².